The highest BCUT2D eigenvalue weighted by molar-refractivity contribution is 7.99. The Morgan fingerprint density at radius 3 is 2.85 bits per heavy atom. The Balaban J connectivity index is 1.64. The highest BCUT2D eigenvalue weighted by atomic mass is 35.5. The molecular weight excluding hydrogens is 374 g/mol. The maximum absolute atomic E-state index is 12.1. The van der Waals surface area contributed by atoms with E-state index in [4.69, 9.17) is 22.2 Å². The Kier molecular flexibility index (Phi) is 5.65. The van der Waals surface area contributed by atoms with Gasteiger partial charge in [-0.2, -0.15) is 0 Å². The summed E-state index contributed by atoms with van der Waals surface area (Å²) < 4.78 is 6.47. The lowest BCUT2D eigenvalue weighted by Gasteiger charge is -2.07. The van der Waals surface area contributed by atoms with Crippen LogP contribution in [0.15, 0.2) is 53.7 Å². The van der Waals surface area contributed by atoms with Crippen molar-refractivity contribution in [3.8, 4) is 17.1 Å². The number of thioether (sulfide) groups is 1. The highest BCUT2D eigenvalue weighted by Crippen LogP contribution is 2.24. The quantitative estimate of drug-likeness (QED) is 0.497. The van der Waals surface area contributed by atoms with E-state index in [1.807, 2.05) is 6.07 Å². The lowest BCUT2D eigenvalue weighted by molar-refractivity contribution is -0.113. The molecule has 0 saturated heterocycles. The summed E-state index contributed by atoms with van der Waals surface area (Å²) in [6.45, 7) is 0. The molecule has 2 aromatic carbocycles. The van der Waals surface area contributed by atoms with E-state index in [0.717, 1.165) is 5.56 Å². The fraction of sp³-hybridized carbons (Fsp3) is 0.118. The van der Waals surface area contributed by atoms with Gasteiger partial charge in [-0.25, -0.2) is 4.68 Å². The number of nitrogens with two attached hydrogens (primary N) is 1. The number of nitrogen functional groups attached to an aromatic ring is 1. The molecule has 1 aromatic heterocycles. The van der Waals surface area contributed by atoms with Crippen LogP contribution in [0.4, 0.5) is 5.69 Å². The van der Waals surface area contributed by atoms with E-state index in [0.29, 0.717) is 27.4 Å². The zero-order chi connectivity index (χ0) is 18.5. The number of amides is 1. The molecule has 3 aromatic rings. The van der Waals surface area contributed by atoms with Crippen molar-refractivity contribution in [3.63, 3.8) is 0 Å². The largest absolute Gasteiger partial charge is 0.497 e. The van der Waals surface area contributed by atoms with Gasteiger partial charge in [0.05, 0.1) is 12.9 Å². The fourth-order valence-corrected chi connectivity index (χ4v) is 3.07. The number of benzene rings is 2. The molecule has 134 valence electrons. The van der Waals surface area contributed by atoms with Gasteiger partial charge in [0.15, 0.2) is 5.82 Å². The first-order valence-electron chi connectivity index (χ1n) is 7.60. The standard InChI is InChI=1S/C17H16ClN5O2S/c1-25-14-7-3-6-13(9-14)20-15(24)10-26-17-22-21-16(23(17)19)11-4-2-5-12(18)8-11/h2-9H,10,19H2,1H3,(H,20,24). The van der Waals surface area contributed by atoms with Crippen LogP contribution in [-0.4, -0.2) is 33.6 Å². The van der Waals surface area contributed by atoms with Crippen LogP contribution in [0.3, 0.4) is 0 Å². The van der Waals surface area contributed by atoms with Crippen molar-refractivity contribution < 1.29 is 9.53 Å². The summed E-state index contributed by atoms with van der Waals surface area (Å²) in [7, 11) is 1.57. The molecular formula is C17H16ClN5O2S. The Bertz CT molecular complexity index is 931. The maximum atomic E-state index is 12.1. The molecule has 9 heteroatoms. The van der Waals surface area contributed by atoms with Gasteiger partial charge < -0.3 is 15.9 Å². The van der Waals surface area contributed by atoms with Crippen molar-refractivity contribution in [1.29, 1.82) is 0 Å². The molecule has 0 aliphatic carbocycles. The summed E-state index contributed by atoms with van der Waals surface area (Å²) in [5, 5.41) is 11.9. The molecule has 0 fully saturated rings. The first-order valence-corrected chi connectivity index (χ1v) is 8.96. The number of nitrogens with one attached hydrogen (secondary N) is 1. The number of halogens is 1. The minimum atomic E-state index is -0.185. The van der Waals surface area contributed by atoms with E-state index < -0.39 is 0 Å². The number of carbonyl (C=O) groups is 1. The minimum Gasteiger partial charge on any atom is -0.497 e. The van der Waals surface area contributed by atoms with E-state index in [1.165, 1.54) is 16.4 Å². The molecule has 0 spiro atoms. The van der Waals surface area contributed by atoms with Gasteiger partial charge in [-0.3, -0.25) is 4.79 Å². The Morgan fingerprint density at radius 2 is 2.08 bits per heavy atom. The Labute approximate surface area is 159 Å². The number of hydrogen-bond donors (Lipinski definition) is 2. The second kappa shape index (κ2) is 8.11. The third-order valence-electron chi connectivity index (χ3n) is 3.43. The van der Waals surface area contributed by atoms with E-state index in [1.54, 1.807) is 49.6 Å². The van der Waals surface area contributed by atoms with Crippen LogP contribution >= 0.6 is 23.4 Å². The molecule has 0 aliphatic heterocycles. The van der Waals surface area contributed by atoms with Crippen molar-refractivity contribution in [2.24, 2.45) is 0 Å². The summed E-state index contributed by atoms with van der Waals surface area (Å²) in [4.78, 5) is 12.1. The Morgan fingerprint density at radius 1 is 1.27 bits per heavy atom. The van der Waals surface area contributed by atoms with Gasteiger partial charge in [-0.15, -0.1) is 10.2 Å². The van der Waals surface area contributed by atoms with Crippen molar-refractivity contribution in [2.45, 2.75) is 5.16 Å². The summed E-state index contributed by atoms with van der Waals surface area (Å²) in [5.41, 5.74) is 1.41. The highest BCUT2D eigenvalue weighted by Gasteiger charge is 2.14. The number of nitrogens with zero attached hydrogens (tertiary/aromatic N) is 3. The minimum absolute atomic E-state index is 0.141. The first-order chi connectivity index (χ1) is 12.6. The van der Waals surface area contributed by atoms with Crippen LogP contribution < -0.4 is 15.9 Å². The number of anilines is 1. The van der Waals surface area contributed by atoms with Crippen LogP contribution in [-0.2, 0) is 4.79 Å². The van der Waals surface area contributed by atoms with E-state index in [2.05, 4.69) is 15.5 Å². The lowest BCUT2D eigenvalue weighted by Crippen LogP contribution is -2.16. The van der Waals surface area contributed by atoms with Crippen LogP contribution in [0.2, 0.25) is 5.02 Å². The monoisotopic (exact) mass is 389 g/mol. The predicted molar refractivity (Wildman–Crippen MR) is 103 cm³/mol. The van der Waals surface area contributed by atoms with Crippen LogP contribution in [0.5, 0.6) is 5.75 Å². The number of rotatable bonds is 6. The molecule has 3 N–H and O–H groups in total. The Hall–Kier alpha value is -2.71. The van der Waals surface area contributed by atoms with Crippen molar-refractivity contribution in [2.75, 3.05) is 24.0 Å². The second-order valence-electron chi connectivity index (χ2n) is 5.26. The smallest absolute Gasteiger partial charge is 0.234 e. The van der Waals surface area contributed by atoms with Gasteiger partial charge >= 0.3 is 0 Å². The number of aromatic nitrogens is 3. The molecule has 0 atom stereocenters. The number of ether oxygens (including phenoxy) is 1. The maximum Gasteiger partial charge on any atom is 0.234 e. The third-order valence-corrected chi connectivity index (χ3v) is 4.61. The molecule has 7 nitrogen and oxygen atoms in total. The number of carbonyl (C=O) groups excluding carboxylic acids is 1. The lowest BCUT2D eigenvalue weighted by atomic mass is 10.2. The zero-order valence-corrected chi connectivity index (χ0v) is 15.4. The molecule has 26 heavy (non-hydrogen) atoms. The summed E-state index contributed by atoms with van der Waals surface area (Å²) in [5.74, 6) is 7.14. The molecule has 0 saturated carbocycles. The SMILES string of the molecule is COc1cccc(NC(=O)CSc2nnc(-c3cccc(Cl)c3)n2N)c1. The average molecular weight is 390 g/mol. The summed E-state index contributed by atoms with van der Waals surface area (Å²) in [6, 6.07) is 14.3. The van der Waals surface area contributed by atoms with Crippen LogP contribution in [0, 0.1) is 0 Å². The van der Waals surface area contributed by atoms with E-state index in [-0.39, 0.29) is 11.7 Å². The normalized spacial score (nSPS) is 10.5. The van der Waals surface area contributed by atoms with Gasteiger partial charge in [0.2, 0.25) is 11.1 Å². The molecule has 0 bridgehead atoms. The van der Waals surface area contributed by atoms with Gasteiger partial charge in [0.1, 0.15) is 5.75 Å². The van der Waals surface area contributed by atoms with Crippen molar-refractivity contribution in [1.82, 2.24) is 14.9 Å². The van der Waals surface area contributed by atoms with Crippen LogP contribution in [0.1, 0.15) is 0 Å². The second-order valence-corrected chi connectivity index (χ2v) is 6.63. The third kappa shape index (κ3) is 4.27. The molecule has 3 rings (SSSR count). The number of hydrogen-bond acceptors (Lipinski definition) is 6. The zero-order valence-electron chi connectivity index (χ0n) is 13.8. The van der Waals surface area contributed by atoms with E-state index >= 15 is 0 Å². The molecule has 1 amide bonds. The van der Waals surface area contributed by atoms with Gasteiger partial charge in [-0.05, 0) is 24.3 Å². The summed E-state index contributed by atoms with van der Waals surface area (Å²) in [6.07, 6.45) is 0. The summed E-state index contributed by atoms with van der Waals surface area (Å²) >= 11 is 7.18. The van der Waals surface area contributed by atoms with Crippen LogP contribution in [0.25, 0.3) is 11.4 Å². The van der Waals surface area contributed by atoms with E-state index in [9.17, 15) is 4.79 Å². The molecule has 0 unspecified atom stereocenters. The van der Waals surface area contributed by atoms with Crippen molar-refractivity contribution in [3.05, 3.63) is 53.6 Å². The number of methoxy groups -OCH3 is 1. The molecule has 0 aliphatic rings. The molecule has 1 heterocycles. The molecule has 0 radical (unpaired) electrons. The topological polar surface area (TPSA) is 95.1 Å². The van der Waals surface area contributed by atoms with Gasteiger partial charge in [0, 0.05) is 22.3 Å². The van der Waals surface area contributed by atoms with Crippen molar-refractivity contribution >= 4 is 35.0 Å². The van der Waals surface area contributed by atoms with Gasteiger partial charge in [0.25, 0.3) is 0 Å². The van der Waals surface area contributed by atoms with Gasteiger partial charge in [-0.1, -0.05) is 41.6 Å². The predicted octanol–water partition coefficient (Wildman–Crippen LogP) is 3.05. The fourth-order valence-electron chi connectivity index (χ4n) is 2.23. The average Bonchev–Trinajstić information content (AvgIpc) is 3.01. The first kappa shape index (κ1) is 18.1.